The van der Waals surface area contributed by atoms with Gasteiger partial charge in [-0.1, -0.05) is 47.5 Å². The maximum Gasteiger partial charge on any atom is 0.264 e. The van der Waals surface area contributed by atoms with E-state index in [9.17, 15) is 13.2 Å². The molecule has 2 aromatic carbocycles. The van der Waals surface area contributed by atoms with Crippen molar-refractivity contribution in [2.45, 2.75) is 44.6 Å². The molecule has 1 aliphatic carbocycles. The zero-order chi connectivity index (χ0) is 24.3. The van der Waals surface area contributed by atoms with Gasteiger partial charge in [0.1, 0.15) is 0 Å². The van der Waals surface area contributed by atoms with Gasteiger partial charge in [0.15, 0.2) is 5.82 Å². The van der Waals surface area contributed by atoms with Crippen LogP contribution in [0.25, 0.3) is 0 Å². The van der Waals surface area contributed by atoms with Gasteiger partial charge in [0, 0.05) is 30.4 Å². The molecule has 4 rings (SSSR count). The quantitative estimate of drug-likeness (QED) is 0.277. The third-order valence-corrected chi connectivity index (χ3v) is 7.49. The standard InChI is InChI=1S/C25H26Cl2N2O4S/c1-34(31,32)33-14-11-19(18-9-10-22(26)23(27)15-18)16-29-13-12-28-25(29)24(30)21-8-4-6-17-5-2-3-7-20(17)21/h4,6,8-10,12-13,15,19H,2-3,5,7,11,14,16H2,1H3/t19-/m0/s1. The Labute approximate surface area is 210 Å². The number of imidazole rings is 1. The van der Waals surface area contributed by atoms with Crippen molar-refractivity contribution >= 4 is 39.1 Å². The van der Waals surface area contributed by atoms with E-state index in [0.717, 1.165) is 43.1 Å². The molecule has 0 saturated heterocycles. The third kappa shape index (κ3) is 5.89. The van der Waals surface area contributed by atoms with Crippen LogP contribution in [0.1, 0.15) is 58.1 Å². The second kappa shape index (κ2) is 10.6. The lowest BCUT2D eigenvalue weighted by molar-refractivity contribution is 0.102. The summed E-state index contributed by atoms with van der Waals surface area (Å²) in [5, 5.41) is 0.843. The molecule has 1 atom stereocenters. The SMILES string of the molecule is CS(=O)(=O)OCC[C@@H](Cn1ccnc1C(=O)c1cccc2c1CCCC2)c1ccc(Cl)c(Cl)c1. The highest BCUT2D eigenvalue weighted by Gasteiger charge is 2.24. The molecule has 1 aromatic heterocycles. The Morgan fingerprint density at radius 2 is 1.94 bits per heavy atom. The van der Waals surface area contributed by atoms with Crippen molar-refractivity contribution in [3.8, 4) is 0 Å². The van der Waals surface area contributed by atoms with Crippen molar-refractivity contribution in [1.82, 2.24) is 9.55 Å². The molecule has 1 aliphatic rings. The van der Waals surface area contributed by atoms with E-state index in [1.54, 1.807) is 24.5 Å². The van der Waals surface area contributed by atoms with Crippen molar-refractivity contribution in [1.29, 1.82) is 0 Å². The number of rotatable bonds is 9. The lowest BCUT2D eigenvalue weighted by Gasteiger charge is -2.21. The number of hydrogen-bond acceptors (Lipinski definition) is 5. The molecular formula is C25H26Cl2N2O4S. The van der Waals surface area contributed by atoms with Crippen molar-refractivity contribution in [2.24, 2.45) is 0 Å². The van der Waals surface area contributed by atoms with Crippen LogP contribution in [-0.4, -0.2) is 36.6 Å². The number of halogens is 2. The summed E-state index contributed by atoms with van der Waals surface area (Å²) in [6.07, 6.45) is 8.90. The first-order chi connectivity index (χ1) is 16.2. The van der Waals surface area contributed by atoms with Gasteiger partial charge in [0.2, 0.25) is 5.78 Å². The van der Waals surface area contributed by atoms with E-state index in [2.05, 4.69) is 11.1 Å². The second-order valence-corrected chi connectivity index (χ2v) is 11.0. The van der Waals surface area contributed by atoms with Crippen LogP contribution in [0.4, 0.5) is 0 Å². The number of carbonyl (C=O) groups excluding carboxylic acids is 1. The number of ketones is 1. The van der Waals surface area contributed by atoms with E-state index < -0.39 is 10.1 Å². The highest BCUT2D eigenvalue weighted by Crippen LogP contribution is 2.30. The fourth-order valence-corrected chi connectivity index (χ4v) is 5.19. The Kier molecular flexibility index (Phi) is 7.77. The van der Waals surface area contributed by atoms with E-state index in [4.69, 9.17) is 27.4 Å². The van der Waals surface area contributed by atoms with Gasteiger partial charge < -0.3 is 4.57 Å². The highest BCUT2D eigenvalue weighted by molar-refractivity contribution is 7.85. The molecule has 180 valence electrons. The fourth-order valence-electron chi connectivity index (χ4n) is 4.49. The molecule has 1 heterocycles. The van der Waals surface area contributed by atoms with Gasteiger partial charge in [-0.2, -0.15) is 8.42 Å². The van der Waals surface area contributed by atoms with Crippen LogP contribution in [0.5, 0.6) is 0 Å². The molecule has 6 nitrogen and oxygen atoms in total. The molecule has 34 heavy (non-hydrogen) atoms. The predicted octanol–water partition coefficient (Wildman–Crippen LogP) is 5.45. The molecule has 0 aliphatic heterocycles. The molecular weight excluding hydrogens is 495 g/mol. The van der Waals surface area contributed by atoms with E-state index in [-0.39, 0.29) is 18.3 Å². The topological polar surface area (TPSA) is 78.3 Å². The smallest absolute Gasteiger partial charge is 0.264 e. The summed E-state index contributed by atoms with van der Waals surface area (Å²) in [6.45, 7) is 0.412. The zero-order valence-electron chi connectivity index (χ0n) is 18.8. The number of aromatic nitrogens is 2. The third-order valence-electron chi connectivity index (χ3n) is 6.15. The van der Waals surface area contributed by atoms with Crippen LogP contribution in [0.3, 0.4) is 0 Å². The largest absolute Gasteiger partial charge is 0.328 e. The first kappa shape index (κ1) is 24.9. The van der Waals surface area contributed by atoms with Gasteiger partial charge in [0.25, 0.3) is 10.1 Å². The summed E-state index contributed by atoms with van der Waals surface area (Å²) in [4.78, 5) is 17.9. The van der Waals surface area contributed by atoms with Crippen LogP contribution in [0.15, 0.2) is 48.8 Å². The van der Waals surface area contributed by atoms with E-state index in [0.29, 0.717) is 34.4 Å². The number of nitrogens with zero attached hydrogens (tertiary/aromatic N) is 2. The van der Waals surface area contributed by atoms with Gasteiger partial charge in [-0.15, -0.1) is 0 Å². The maximum atomic E-state index is 13.5. The average Bonchev–Trinajstić information content (AvgIpc) is 3.27. The number of hydrogen-bond donors (Lipinski definition) is 0. The van der Waals surface area contributed by atoms with Gasteiger partial charge >= 0.3 is 0 Å². The van der Waals surface area contributed by atoms with E-state index >= 15 is 0 Å². The first-order valence-electron chi connectivity index (χ1n) is 11.2. The molecule has 0 saturated carbocycles. The van der Waals surface area contributed by atoms with Crippen LogP contribution >= 0.6 is 23.2 Å². The molecule has 3 aromatic rings. The highest BCUT2D eigenvalue weighted by atomic mass is 35.5. The van der Waals surface area contributed by atoms with Crippen LogP contribution in [-0.2, 0) is 33.7 Å². The van der Waals surface area contributed by atoms with Crippen molar-refractivity contribution in [3.05, 3.63) is 86.9 Å². The van der Waals surface area contributed by atoms with Crippen molar-refractivity contribution in [3.63, 3.8) is 0 Å². The van der Waals surface area contributed by atoms with Gasteiger partial charge in [-0.25, -0.2) is 4.98 Å². The number of carbonyl (C=O) groups is 1. The summed E-state index contributed by atoms with van der Waals surface area (Å²) in [7, 11) is -3.57. The van der Waals surface area contributed by atoms with Crippen molar-refractivity contribution in [2.75, 3.05) is 12.9 Å². The molecule has 0 spiro atoms. The Hall–Kier alpha value is -2.19. The van der Waals surface area contributed by atoms with Crippen LogP contribution < -0.4 is 0 Å². The lowest BCUT2D eigenvalue weighted by atomic mass is 9.87. The van der Waals surface area contributed by atoms with Gasteiger partial charge in [-0.05, 0) is 60.9 Å². The van der Waals surface area contributed by atoms with Crippen LogP contribution in [0, 0.1) is 0 Å². The minimum absolute atomic E-state index is 0.00785. The molecule has 9 heteroatoms. The van der Waals surface area contributed by atoms with Gasteiger partial charge in [0.05, 0.1) is 22.9 Å². The summed E-state index contributed by atoms with van der Waals surface area (Å²) < 4.78 is 29.7. The summed E-state index contributed by atoms with van der Waals surface area (Å²) in [6, 6.07) is 11.2. The zero-order valence-corrected chi connectivity index (χ0v) is 21.2. The van der Waals surface area contributed by atoms with E-state index in [1.165, 1.54) is 5.56 Å². The molecule has 0 N–H and O–H groups in total. The monoisotopic (exact) mass is 520 g/mol. The lowest BCUT2D eigenvalue weighted by Crippen LogP contribution is -2.19. The summed E-state index contributed by atoms with van der Waals surface area (Å²) >= 11 is 12.3. The molecule has 0 fully saturated rings. The molecule has 0 radical (unpaired) electrons. The molecule has 0 bridgehead atoms. The fraction of sp³-hybridized carbons (Fsp3) is 0.360. The Balaban J connectivity index is 1.62. The Morgan fingerprint density at radius 3 is 2.71 bits per heavy atom. The van der Waals surface area contributed by atoms with Crippen molar-refractivity contribution < 1.29 is 17.4 Å². The average molecular weight is 521 g/mol. The summed E-state index contributed by atoms with van der Waals surface area (Å²) in [5.74, 6) is 0.0686. The number of benzene rings is 2. The van der Waals surface area contributed by atoms with Crippen LogP contribution in [0.2, 0.25) is 10.0 Å². The molecule has 0 unspecified atom stereocenters. The Bertz CT molecular complexity index is 1300. The minimum atomic E-state index is -3.57. The van der Waals surface area contributed by atoms with Gasteiger partial charge in [-0.3, -0.25) is 8.98 Å². The maximum absolute atomic E-state index is 13.5. The summed E-state index contributed by atoms with van der Waals surface area (Å²) in [5.41, 5.74) is 3.93. The molecule has 0 amide bonds. The van der Waals surface area contributed by atoms with E-state index in [1.807, 2.05) is 22.8 Å². The first-order valence-corrected chi connectivity index (χ1v) is 13.8. The Morgan fingerprint density at radius 1 is 1.15 bits per heavy atom. The normalized spacial score (nSPS) is 14.6. The number of fused-ring (bicyclic) bond motifs is 1. The number of aryl methyl sites for hydroxylation is 1. The minimum Gasteiger partial charge on any atom is -0.328 e. The predicted molar refractivity (Wildman–Crippen MR) is 133 cm³/mol. The second-order valence-electron chi connectivity index (χ2n) is 8.57.